The quantitative estimate of drug-likeness (QED) is 0.484. The van der Waals surface area contributed by atoms with Gasteiger partial charge in [0.15, 0.2) is 0 Å². The first kappa shape index (κ1) is 11.3. The number of fused-ring (bicyclic) bond motifs is 3. The number of rotatable bonds is 3. The molecule has 17 heavy (non-hydrogen) atoms. The van der Waals surface area contributed by atoms with Gasteiger partial charge in [-0.3, -0.25) is 0 Å². The Morgan fingerprint density at radius 1 is 0.941 bits per heavy atom. The van der Waals surface area contributed by atoms with E-state index in [1.807, 2.05) is 0 Å². The summed E-state index contributed by atoms with van der Waals surface area (Å²) in [4.78, 5) is 0. The zero-order valence-electron chi connectivity index (χ0n) is 9.75. The molecular formula is C16H15I. The Bertz CT molecular complexity index is 543. The summed E-state index contributed by atoms with van der Waals surface area (Å²) in [7, 11) is 0. The van der Waals surface area contributed by atoms with Crippen molar-refractivity contribution in [2.45, 2.75) is 19.3 Å². The monoisotopic (exact) mass is 334 g/mol. The Hall–Kier alpha value is -0.830. The molecule has 0 amide bonds. The van der Waals surface area contributed by atoms with E-state index in [0.29, 0.717) is 0 Å². The van der Waals surface area contributed by atoms with Crippen LogP contribution in [-0.4, -0.2) is 4.43 Å². The minimum absolute atomic E-state index is 1.13. The summed E-state index contributed by atoms with van der Waals surface area (Å²) in [6, 6.07) is 15.6. The van der Waals surface area contributed by atoms with Gasteiger partial charge < -0.3 is 0 Å². The maximum Gasteiger partial charge on any atom is -0.000156 e. The molecule has 0 unspecified atom stereocenters. The number of hydrogen-bond donors (Lipinski definition) is 0. The van der Waals surface area contributed by atoms with Crippen LogP contribution >= 0.6 is 22.6 Å². The van der Waals surface area contributed by atoms with Crippen molar-refractivity contribution in [3.8, 4) is 11.1 Å². The summed E-state index contributed by atoms with van der Waals surface area (Å²) >= 11 is 2.46. The SMILES string of the molecule is ICCCc1cccc2c1Cc1ccccc1-2. The van der Waals surface area contributed by atoms with Gasteiger partial charge in [-0.25, -0.2) is 0 Å². The van der Waals surface area contributed by atoms with E-state index in [1.54, 1.807) is 11.1 Å². The first-order valence-corrected chi connectivity index (χ1v) is 7.67. The van der Waals surface area contributed by atoms with Crippen molar-refractivity contribution < 1.29 is 0 Å². The molecule has 0 nitrogen and oxygen atoms in total. The second kappa shape index (κ2) is 4.81. The van der Waals surface area contributed by atoms with Crippen molar-refractivity contribution in [3.63, 3.8) is 0 Å². The highest BCUT2D eigenvalue weighted by molar-refractivity contribution is 14.1. The molecule has 0 spiro atoms. The van der Waals surface area contributed by atoms with E-state index in [1.165, 1.54) is 34.0 Å². The van der Waals surface area contributed by atoms with Gasteiger partial charge in [-0.05, 0) is 51.5 Å². The Morgan fingerprint density at radius 2 is 1.76 bits per heavy atom. The molecule has 0 atom stereocenters. The maximum absolute atomic E-state index is 2.46. The third kappa shape index (κ3) is 2.01. The molecule has 86 valence electrons. The van der Waals surface area contributed by atoms with Crippen LogP contribution in [0.2, 0.25) is 0 Å². The van der Waals surface area contributed by atoms with Crippen LogP contribution in [0.15, 0.2) is 42.5 Å². The zero-order chi connectivity index (χ0) is 11.7. The molecule has 0 heterocycles. The molecule has 0 aliphatic heterocycles. The average Bonchev–Trinajstić information content (AvgIpc) is 2.75. The van der Waals surface area contributed by atoms with Crippen LogP contribution in [0.5, 0.6) is 0 Å². The van der Waals surface area contributed by atoms with Crippen molar-refractivity contribution in [3.05, 3.63) is 59.2 Å². The molecule has 3 rings (SSSR count). The topological polar surface area (TPSA) is 0 Å². The maximum atomic E-state index is 2.46. The van der Waals surface area contributed by atoms with Crippen LogP contribution in [0.1, 0.15) is 23.1 Å². The fraction of sp³-hybridized carbons (Fsp3) is 0.250. The molecule has 1 aliphatic carbocycles. The largest absolute Gasteiger partial charge is 0.0864 e. The van der Waals surface area contributed by atoms with Crippen molar-refractivity contribution in [2.24, 2.45) is 0 Å². The summed E-state index contributed by atoms with van der Waals surface area (Å²) in [6.07, 6.45) is 3.64. The third-order valence-corrected chi connectivity index (χ3v) is 4.29. The lowest BCUT2D eigenvalue weighted by Gasteiger charge is -2.07. The molecule has 1 heteroatoms. The average molecular weight is 334 g/mol. The lowest BCUT2D eigenvalue weighted by molar-refractivity contribution is 0.930. The molecule has 0 aromatic heterocycles. The fourth-order valence-electron chi connectivity index (χ4n) is 2.71. The molecular weight excluding hydrogens is 319 g/mol. The van der Waals surface area contributed by atoms with Crippen LogP contribution < -0.4 is 0 Å². The Morgan fingerprint density at radius 3 is 2.65 bits per heavy atom. The Balaban J connectivity index is 2.05. The molecule has 2 aromatic carbocycles. The molecule has 0 fully saturated rings. The molecule has 0 saturated heterocycles. The molecule has 0 bridgehead atoms. The van der Waals surface area contributed by atoms with Gasteiger partial charge in [-0.1, -0.05) is 65.1 Å². The third-order valence-electron chi connectivity index (χ3n) is 3.53. The van der Waals surface area contributed by atoms with Crippen LogP contribution in [-0.2, 0) is 12.8 Å². The summed E-state index contributed by atoms with van der Waals surface area (Å²) in [5.74, 6) is 0. The zero-order valence-corrected chi connectivity index (χ0v) is 11.9. The summed E-state index contributed by atoms with van der Waals surface area (Å²) in [5, 5.41) is 0. The van der Waals surface area contributed by atoms with Crippen molar-refractivity contribution >= 4 is 22.6 Å². The van der Waals surface area contributed by atoms with Crippen LogP contribution in [0.3, 0.4) is 0 Å². The fourth-order valence-corrected chi connectivity index (χ4v) is 3.10. The van der Waals surface area contributed by atoms with E-state index >= 15 is 0 Å². The number of hydrogen-bond acceptors (Lipinski definition) is 0. The predicted octanol–water partition coefficient (Wildman–Crippen LogP) is 4.63. The van der Waals surface area contributed by atoms with E-state index in [0.717, 1.165) is 6.42 Å². The van der Waals surface area contributed by atoms with E-state index in [2.05, 4.69) is 65.1 Å². The summed E-state index contributed by atoms with van der Waals surface area (Å²) in [5.41, 5.74) is 7.52. The number of alkyl halides is 1. The first-order valence-electron chi connectivity index (χ1n) is 6.15. The molecule has 0 radical (unpaired) electrons. The smallest absolute Gasteiger partial charge is 0.000156 e. The highest BCUT2D eigenvalue weighted by atomic mass is 127. The van der Waals surface area contributed by atoms with Gasteiger partial charge in [0.1, 0.15) is 0 Å². The second-order valence-corrected chi connectivity index (χ2v) is 5.65. The molecule has 2 aromatic rings. The van der Waals surface area contributed by atoms with E-state index in [-0.39, 0.29) is 0 Å². The van der Waals surface area contributed by atoms with Gasteiger partial charge in [0.05, 0.1) is 0 Å². The number of benzene rings is 2. The van der Waals surface area contributed by atoms with E-state index in [9.17, 15) is 0 Å². The van der Waals surface area contributed by atoms with Gasteiger partial charge in [0.2, 0.25) is 0 Å². The van der Waals surface area contributed by atoms with Gasteiger partial charge in [0, 0.05) is 0 Å². The lowest BCUT2D eigenvalue weighted by atomic mass is 9.98. The molecule has 1 aliphatic rings. The lowest BCUT2D eigenvalue weighted by Crippen LogP contribution is -1.93. The minimum Gasteiger partial charge on any atom is -0.0864 e. The van der Waals surface area contributed by atoms with Crippen molar-refractivity contribution in [1.29, 1.82) is 0 Å². The van der Waals surface area contributed by atoms with Crippen LogP contribution in [0.25, 0.3) is 11.1 Å². The van der Waals surface area contributed by atoms with Crippen molar-refractivity contribution in [2.75, 3.05) is 4.43 Å². The van der Waals surface area contributed by atoms with E-state index < -0.39 is 0 Å². The van der Waals surface area contributed by atoms with Crippen LogP contribution in [0, 0.1) is 0 Å². The summed E-state index contributed by atoms with van der Waals surface area (Å²) in [6.45, 7) is 0. The van der Waals surface area contributed by atoms with Gasteiger partial charge in [-0.15, -0.1) is 0 Å². The first-order chi connectivity index (χ1) is 8.40. The van der Waals surface area contributed by atoms with Gasteiger partial charge >= 0.3 is 0 Å². The second-order valence-electron chi connectivity index (χ2n) is 4.57. The summed E-state index contributed by atoms with van der Waals surface area (Å²) < 4.78 is 1.24. The highest BCUT2D eigenvalue weighted by Gasteiger charge is 2.19. The van der Waals surface area contributed by atoms with E-state index in [4.69, 9.17) is 0 Å². The predicted molar refractivity (Wildman–Crippen MR) is 81.9 cm³/mol. The Labute approximate surface area is 116 Å². The normalized spacial score (nSPS) is 12.3. The minimum atomic E-state index is 1.13. The van der Waals surface area contributed by atoms with Gasteiger partial charge in [0.25, 0.3) is 0 Å². The Kier molecular flexibility index (Phi) is 3.19. The highest BCUT2D eigenvalue weighted by Crippen LogP contribution is 2.38. The molecule has 0 N–H and O–H groups in total. The van der Waals surface area contributed by atoms with Crippen molar-refractivity contribution in [1.82, 2.24) is 0 Å². The standard InChI is InChI=1S/C16H15I/c17-10-4-7-12-6-3-9-15-14-8-2-1-5-13(14)11-16(12)15/h1-3,5-6,8-9H,4,7,10-11H2. The number of halogens is 1. The van der Waals surface area contributed by atoms with Gasteiger partial charge in [-0.2, -0.15) is 0 Å². The van der Waals surface area contributed by atoms with Crippen LogP contribution in [0.4, 0.5) is 0 Å². The number of aryl methyl sites for hydroxylation is 1. The molecule has 0 saturated carbocycles.